The minimum Gasteiger partial charge on any atom is -0.399 e. The predicted molar refractivity (Wildman–Crippen MR) is 86.8 cm³/mol. The molecule has 7 heteroatoms. The molecule has 3 rings (SSSR count). The van der Waals surface area contributed by atoms with Gasteiger partial charge in [-0.3, -0.25) is 4.79 Å². The van der Waals surface area contributed by atoms with E-state index in [4.69, 9.17) is 10.5 Å². The molecule has 0 aromatic heterocycles. The zero-order chi connectivity index (χ0) is 18.0. The molecule has 1 saturated heterocycles. The first-order chi connectivity index (χ1) is 11.8. The molecule has 0 bridgehead atoms. The minimum absolute atomic E-state index is 0.0613. The van der Waals surface area contributed by atoms with E-state index in [1.165, 1.54) is 11.0 Å². The molecule has 25 heavy (non-hydrogen) atoms. The average Bonchev–Trinajstić information content (AvgIpc) is 2.52. The van der Waals surface area contributed by atoms with Crippen molar-refractivity contribution in [2.45, 2.75) is 18.9 Å². The zero-order valence-corrected chi connectivity index (χ0v) is 13.3. The Morgan fingerprint density at radius 3 is 2.48 bits per heavy atom. The Morgan fingerprint density at radius 2 is 1.84 bits per heavy atom. The molecule has 0 radical (unpaired) electrons. The first-order valence-electron chi connectivity index (χ1n) is 7.75. The van der Waals surface area contributed by atoms with Crippen LogP contribution in [-0.4, -0.2) is 30.0 Å². The van der Waals surface area contributed by atoms with Gasteiger partial charge in [0, 0.05) is 24.3 Å². The van der Waals surface area contributed by atoms with Crippen LogP contribution < -0.4 is 5.73 Å². The summed E-state index contributed by atoms with van der Waals surface area (Å²) in [6, 6.07) is 12.5. The Balaban J connectivity index is 1.58. The fraction of sp³-hybridized carbons (Fsp3) is 0.278. The van der Waals surface area contributed by atoms with E-state index >= 15 is 0 Å². The lowest BCUT2D eigenvalue weighted by Crippen LogP contribution is -2.54. The van der Waals surface area contributed by atoms with E-state index in [0.29, 0.717) is 19.7 Å². The number of rotatable bonds is 4. The highest BCUT2D eigenvalue weighted by molar-refractivity contribution is 5.96. The van der Waals surface area contributed by atoms with E-state index < -0.39 is 17.6 Å². The molecule has 1 aliphatic rings. The third-order valence-electron chi connectivity index (χ3n) is 3.99. The fourth-order valence-electron chi connectivity index (χ4n) is 2.62. The summed E-state index contributed by atoms with van der Waals surface area (Å²) in [5.41, 5.74) is 5.45. The number of carbonyl (C=O) groups excluding carboxylic acids is 1. The van der Waals surface area contributed by atoms with Crippen LogP contribution in [0.25, 0.3) is 0 Å². The van der Waals surface area contributed by atoms with E-state index in [1.807, 2.05) is 30.3 Å². The predicted octanol–water partition coefficient (Wildman–Crippen LogP) is 3.33. The van der Waals surface area contributed by atoms with Crippen LogP contribution in [0.15, 0.2) is 48.5 Å². The second kappa shape index (κ2) is 6.76. The van der Waals surface area contributed by atoms with Gasteiger partial charge in [-0.25, -0.2) is 0 Å². The van der Waals surface area contributed by atoms with Gasteiger partial charge in [-0.15, -0.1) is 0 Å². The number of alkyl halides is 3. The molecule has 1 amide bonds. The summed E-state index contributed by atoms with van der Waals surface area (Å²) < 4.78 is 44.2. The number of amides is 1. The van der Waals surface area contributed by atoms with Crippen molar-refractivity contribution in [1.82, 2.24) is 4.90 Å². The highest BCUT2D eigenvalue weighted by Crippen LogP contribution is 2.32. The van der Waals surface area contributed by atoms with Crippen LogP contribution in [0.1, 0.15) is 21.5 Å². The van der Waals surface area contributed by atoms with Gasteiger partial charge in [-0.05, 0) is 23.8 Å². The maximum absolute atomic E-state index is 12.8. The van der Waals surface area contributed by atoms with Gasteiger partial charge in [0.25, 0.3) is 5.91 Å². The Labute approximate surface area is 143 Å². The highest BCUT2D eigenvalue weighted by atomic mass is 19.4. The van der Waals surface area contributed by atoms with E-state index in [-0.39, 0.29) is 17.4 Å². The maximum atomic E-state index is 12.8. The van der Waals surface area contributed by atoms with Gasteiger partial charge in [-0.1, -0.05) is 30.3 Å². The van der Waals surface area contributed by atoms with E-state index in [0.717, 1.165) is 17.7 Å². The summed E-state index contributed by atoms with van der Waals surface area (Å²) in [5, 5.41) is 0. The zero-order valence-electron chi connectivity index (χ0n) is 13.3. The second-order valence-corrected chi connectivity index (χ2v) is 5.97. The minimum atomic E-state index is -4.54. The summed E-state index contributed by atoms with van der Waals surface area (Å²) in [7, 11) is 0. The number of nitrogens with zero attached hydrogens (tertiary/aromatic N) is 1. The van der Waals surface area contributed by atoms with Crippen LogP contribution in [0.5, 0.6) is 0 Å². The standard InChI is InChI=1S/C18H17F3N2O2/c19-18(20,21)14-6-13(7-15(22)8-14)17(24)23-9-16(10-23)25-11-12-4-2-1-3-5-12/h1-8,16H,9-11,22H2. The summed E-state index contributed by atoms with van der Waals surface area (Å²) >= 11 is 0. The normalized spacial score (nSPS) is 15.1. The molecule has 0 spiro atoms. The second-order valence-electron chi connectivity index (χ2n) is 5.97. The highest BCUT2D eigenvalue weighted by Gasteiger charge is 2.35. The van der Waals surface area contributed by atoms with E-state index in [9.17, 15) is 18.0 Å². The summed E-state index contributed by atoms with van der Waals surface area (Å²) in [4.78, 5) is 13.8. The van der Waals surface area contributed by atoms with Crippen molar-refractivity contribution >= 4 is 11.6 Å². The molecule has 4 nitrogen and oxygen atoms in total. The fourth-order valence-corrected chi connectivity index (χ4v) is 2.62. The smallest absolute Gasteiger partial charge is 0.399 e. The summed E-state index contributed by atoms with van der Waals surface area (Å²) in [6.45, 7) is 1.13. The molecular weight excluding hydrogens is 333 g/mol. The largest absolute Gasteiger partial charge is 0.416 e. The Bertz CT molecular complexity index is 757. The van der Waals surface area contributed by atoms with E-state index in [2.05, 4.69) is 0 Å². The van der Waals surface area contributed by atoms with Crippen molar-refractivity contribution in [3.05, 3.63) is 65.2 Å². The van der Waals surface area contributed by atoms with Gasteiger partial charge < -0.3 is 15.4 Å². The van der Waals surface area contributed by atoms with Crippen LogP contribution in [0.2, 0.25) is 0 Å². The molecule has 1 heterocycles. The molecule has 2 aromatic rings. The Hall–Kier alpha value is -2.54. The van der Waals surface area contributed by atoms with Gasteiger partial charge in [0.2, 0.25) is 0 Å². The molecule has 2 N–H and O–H groups in total. The number of halogens is 3. The molecular formula is C18H17F3N2O2. The molecule has 1 aliphatic heterocycles. The molecule has 1 fully saturated rings. The van der Waals surface area contributed by atoms with Crippen molar-refractivity contribution in [2.75, 3.05) is 18.8 Å². The quantitative estimate of drug-likeness (QED) is 0.861. The maximum Gasteiger partial charge on any atom is 0.416 e. The van der Waals surface area contributed by atoms with Gasteiger partial charge in [0.15, 0.2) is 0 Å². The van der Waals surface area contributed by atoms with Gasteiger partial charge >= 0.3 is 6.18 Å². The number of nitrogens with two attached hydrogens (primary N) is 1. The Kier molecular flexibility index (Phi) is 4.67. The summed E-state index contributed by atoms with van der Waals surface area (Å²) in [5.74, 6) is -0.475. The number of likely N-dealkylation sites (tertiary alicyclic amines) is 1. The van der Waals surface area contributed by atoms with Crippen molar-refractivity contribution in [3.63, 3.8) is 0 Å². The number of nitrogen functional groups attached to an aromatic ring is 1. The van der Waals surface area contributed by atoms with Gasteiger partial charge in [-0.2, -0.15) is 13.2 Å². The van der Waals surface area contributed by atoms with Crippen LogP contribution in [0, 0.1) is 0 Å². The molecule has 0 unspecified atom stereocenters. The molecule has 132 valence electrons. The molecule has 0 saturated carbocycles. The Morgan fingerprint density at radius 1 is 1.16 bits per heavy atom. The van der Waals surface area contributed by atoms with E-state index in [1.54, 1.807) is 0 Å². The lowest BCUT2D eigenvalue weighted by atomic mass is 10.0. The SMILES string of the molecule is Nc1cc(C(=O)N2CC(OCc3ccccc3)C2)cc(C(F)(F)F)c1. The van der Waals surface area contributed by atoms with Crippen LogP contribution >= 0.6 is 0 Å². The molecule has 2 aromatic carbocycles. The van der Waals surface area contributed by atoms with Gasteiger partial charge in [0.05, 0.1) is 18.3 Å². The molecule has 0 atom stereocenters. The monoisotopic (exact) mass is 350 g/mol. The third kappa shape index (κ3) is 4.11. The van der Waals surface area contributed by atoms with Crippen LogP contribution in [0.3, 0.4) is 0 Å². The van der Waals surface area contributed by atoms with Crippen molar-refractivity contribution < 1.29 is 22.7 Å². The lowest BCUT2D eigenvalue weighted by molar-refractivity contribution is -0.137. The van der Waals surface area contributed by atoms with Crippen molar-refractivity contribution in [2.24, 2.45) is 0 Å². The van der Waals surface area contributed by atoms with Crippen LogP contribution in [0.4, 0.5) is 18.9 Å². The first kappa shape index (κ1) is 17.3. The number of carbonyl (C=O) groups is 1. The number of anilines is 1. The number of hydrogen-bond acceptors (Lipinski definition) is 3. The summed E-state index contributed by atoms with van der Waals surface area (Å²) in [6.07, 6.45) is -4.66. The lowest BCUT2D eigenvalue weighted by Gasteiger charge is -2.39. The van der Waals surface area contributed by atoms with Crippen LogP contribution in [-0.2, 0) is 17.5 Å². The number of hydrogen-bond donors (Lipinski definition) is 1. The topological polar surface area (TPSA) is 55.6 Å². The van der Waals surface area contributed by atoms with Crippen molar-refractivity contribution in [3.8, 4) is 0 Å². The average molecular weight is 350 g/mol. The van der Waals surface area contributed by atoms with Gasteiger partial charge in [0.1, 0.15) is 0 Å². The third-order valence-corrected chi connectivity index (χ3v) is 3.99. The first-order valence-corrected chi connectivity index (χ1v) is 7.75. The number of ether oxygens (including phenoxy) is 1. The van der Waals surface area contributed by atoms with Crippen molar-refractivity contribution in [1.29, 1.82) is 0 Å². The molecule has 0 aliphatic carbocycles. The number of benzene rings is 2.